The van der Waals surface area contributed by atoms with E-state index in [9.17, 15) is 4.79 Å². The van der Waals surface area contributed by atoms with Gasteiger partial charge in [-0.2, -0.15) is 0 Å². The van der Waals surface area contributed by atoms with Crippen molar-refractivity contribution in [3.63, 3.8) is 0 Å². The third kappa shape index (κ3) is 3.82. The number of carbonyl (C=O) groups is 1. The number of hydrogen-bond donors (Lipinski definition) is 2. The average Bonchev–Trinajstić information content (AvgIpc) is 3.24. The summed E-state index contributed by atoms with van der Waals surface area (Å²) in [5.41, 5.74) is 3.22. The topological polar surface area (TPSA) is 57.3 Å². The Labute approximate surface area is 148 Å². The van der Waals surface area contributed by atoms with Gasteiger partial charge >= 0.3 is 6.03 Å². The molecular weight excluding hydrogens is 312 g/mol. The minimum atomic E-state index is 0.0237. The zero-order valence-electron chi connectivity index (χ0n) is 14.3. The summed E-state index contributed by atoms with van der Waals surface area (Å²) in [5.74, 6) is 1.25. The minimum absolute atomic E-state index is 0.0237. The molecule has 0 spiro atoms. The van der Waals surface area contributed by atoms with Crippen molar-refractivity contribution in [2.45, 2.75) is 12.8 Å². The van der Waals surface area contributed by atoms with Crippen LogP contribution in [0.3, 0.4) is 0 Å². The predicted molar refractivity (Wildman–Crippen MR) is 98.5 cm³/mol. The van der Waals surface area contributed by atoms with Gasteiger partial charge in [0.05, 0.1) is 0 Å². The molecule has 2 N–H and O–H groups in total. The SMILES string of the molecule is O=C(Nc1ccc(CCc2ccccn2)cc1)N1CC2CNCC2C1. The van der Waals surface area contributed by atoms with E-state index >= 15 is 0 Å². The Morgan fingerprint density at radius 2 is 1.84 bits per heavy atom. The summed E-state index contributed by atoms with van der Waals surface area (Å²) in [6.07, 6.45) is 3.71. The third-order valence-electron chi connectivity index (χ3n) is 5.28. The molecule has 2 amide bonds. The smallest absolute Gasteiger partial charge is 0.321 e. The molecule has 2 unspecified atom stereocenters. The van der Waals surface area contributed by atoms with Crippen LogP contribution in [0.4, 0.5) is 10.5 Å². The molecule has 2 saturated heterocycles. The number of amides is 2. The molecule has 2 aromatic rings. The standard InChI is InChI=1S/C20H24N4O/c25-20(24-13-16-11-21-12-17(16)14-24)23-19-8-5-15(6-9-19)4-7-18-3-1-2-10-22-18/h1-3,5-6,8-10,16-17,21H,4,7,11-14H2,(H,23,25). The van der Waals surface area contributed by atoms with Crippen LogP contribution in [0.2, 0.25) is 0 Å². The van der Waals surface area contributed by atoms with Crippen molar-refractivity contribution in [2.24, 2.45) is 11.8 Å². The van der Waals surface area contributed by atoms with Crippen LogP contribution in [0, 0.1) is 11.8 Å². The molecule has 4 rings (SSSR count). The highest BCUT2D eigenvalue weighted by Crippen LogP contribution is 2.26. The van der Waals surface area contributed by atoms with Gasteiger partial charge in [0, 0.05) is 43.8 Å². The van der Waals surface area contributed by atoms with E-state index in [1.54, 1.807) is 0 Å². The molecule has 5 heteroatoms. The molecule has 2 fully saturated rings. The Balaban J connectivity index is 1.29. The van der Waals surface area contributed by atoms with E-state index in [4.69, 9.17) is 0 Å². The highest BCUT2D eigenvalue weighted by atomic mass is 16.2. The van der Waals surface area contributed by atoms with Crippen molar-refractivity contribution in [2.75, 3.05) is 31.5 Å². The summed E-state index contributed by atoms with van der Waals surface area (Å²) in [7, 11) is 0. The number of nitrogens with zero attached hydrogens (tertiary/aromatic N) is 2. The first-order chi connectivity index (χ1) is 12.3. The predicted octanol–water partition coefficient (Wildman–Crippen LogP) is 2.55. The lowest BCUT2D eigenvalue weighted by Gasteiger charge is -2.18. The molecule has 130 valence electrons. The zero-order valence-corrected chi connectivity index (χ0v) is 14.3. The van der Waals surface area contributed by atoms with Gasteiger partial charge in [-0.05, 0) is 54.5 Å². The normalized spacial score (nSPS) is 22.0. The van der Waals surface area contributed by atoms with E-state index in [1.807, 2.05) is 35.4 Å². The first-order valence-corrected chi connectivity index (χ1v) is 9.03. The molecule has 5 nitrogen and oxygen atoms in total. The Morgan fingerprint density at radius 3 is 2.52 bits per heavy atom. The highest BCUT2D eigenvalue weighted by Gasteiger charge is 2.38. The van der Waals surface area contributed by atoms with Crippen LogP contribution in [0.5, 0.6) is 0 Å². The molecule has 3 heterocycles. The quantitative estimate of drug-likeness (QED) is 0.902. The second kappa shape index (κ2) is 7.23. The summed E-state index contributed by atoms with van der Waals surface area (Å²) >= 11 is 0. The number of anilines is 1. The fourth-order valence-electron chi connectivity index (χ4n) is 3.80. The molecular formula is C20H24N4O. The number of hydrogen-bond acceptors (Lipinski definition) is 3. The van der Waals surface area contributed by atoms with Gasteiger partial charge in [0.1, 0.15) is 0 Å². The van der Waals surface area contributed by atoms with E-state index in [-0.39, 0.29) is 6.03 Å². The Morgan fingerprint density at radius 1 is 1.08 bits per heavy atom. The van der Waals surface area contributed by atoms with Gasteiger partial charge in [0.15, 0.2) is 0 Å². The van der Waals surface area contributed by atoms with Gasteiger partial charge in [-0.25, -0.2) is 4.79 Å². The summed E-state index contributed by atoms with van der Waals surface area (Å²) < 4.78 is 0. The van der Waals surface area contributed by atoms with E-state index < -0.39 is 0 Å². The fourth-order valence-corrected chi connectivity index (χ4v) is 3.80. The molecule has 0 saturated carbocycles. The van der Waals surface area contributed by atoms with Crippen molar-refractivity contribution in [3.05, 3.63) is 59.9 Å². The van der Waals surface area contributed by atoms with Gasteiger partial charge in [-0.1, -0.05) is 18.2 Å². The van der Waals surface area contributed by atoms with Crippen molar-refractivity contribution < 1.29 is 4.79 Å². The molecule has 0 bridgehead atoms. The number of rotatable bonds is 4. The van der Waals surface area contributed by atoms with Gasteiger partial charge in [0.25, 0.3) is 0 Å². The lowest BCUT2D eigenvalue weighted by atomic mass is 10.0. The van der Waals surface area contributed by atoms with Crippen LogP contribution < -0.4 is 10.6 Å². The summed E-state index contributed by atoms with van der Waals surface area (Å²) in [6, 6.07) is 14.2. The maximum absolute atomic E-state index is 12.4. The Kier molecular flexibility index (Phi) is 4.65. The van der Waals surface area contributed by atoms with E-state index in [0.717, 1.165) is 50.4 Å². The fraction of sp³-hybridized carbons (Fsp3) is 0.400. The summed E-state index contributed by atoms with van der Waals surface area (Å²) in [4.78, 5) is 18.7. The van der Waals surface area contributed by atoms with Crippen molar-refractivity contribution in [3.8, 4) is 0 Å². The Hall–Kier alpha value is -2.40. The lowest BCUT2D eigenvalue weighted by molar-refractivity contribution is 0.219. The van der Waals surface area contributed by atoms with Crippen LogP contribution in [0.25, 0.3) is 0 Å². The first-order valence-electron chi connectivity index (χ1n) is 9.03. The molecule has 25 heavy (non-hydrogen) atoms. The average molecular weight is 336 g/mol. The van der Waals surface area contributed by atoms with Gasteiger partial charge in [-0.3, -0.25) is 4.98 Å². The van der Waals surface area contributed by atoms with Gasteiger partial charge in [-0.15, -0.1) is 0 Å². The number of pyridine rings is 1. The second-order valence-corrected chi connectivity index (χ2v) is 7.03. The van der Waals surface area contributed by atoms with Crippen molar-refractivity contribution in [1.29, 1.82) is 0 Å². The summed E-state index contributed by atoms with van der Waals surface area (Å²) in [5, 5.41) is 6.43. The number of likely N-dealkylation sites (tertiary alicyclic amines) is 1. The number of carbonyl (C=O) groups excluding carboxylic acids is 1. The number of urea groups is 1. The molecule has 2 aliphatic rings. The molecule has 1 aromatic carbocycles. The number of aryl methyl sites for hydroxylation is 2. The number of benzene rings is 1. The molecule has 1 aromatic heterocycles. The maximum Gasteiger partial charge on any atom is 0.321 e. The van der Waals surface area contributed by atoms with Crippen molar-refractivity contribution in [1.82, 2.24) is 15.2 Å². The first kappa shape index (κ1) is 16.1. The molecule has 2 aliphatic heterocycles. The number of fused-ring (bicyclic) bond motifs is 1. The third-order valence-corrected chi connectivity index (χ3v) is 5.28. The van der Waals surface area contributed by atoms with E-state index in [0.29, 0.717) is 11.8 Å². The van der Waals surface area contributed by atoms with Crippen LogP contribution >= 0.6 is 0 Å². The van der Waals surface area contributed by atoms with Crippen LogP contribution in [-0.4, -0.2) is 42.1 Å². The van der Waals surface area contributed by atoms with Crippen molar-refractivity contribution >= 4 is 11.7 Å². The highest BCUT2D eigenvalue weighted by molar-refractivity contribution is 5.89. The van der Waals surface area contributed by atoms with Crippen LogP contribution in [0.15, 0.2) is 48.7 Å². The number of nitrogens with one attached hydrogen (secondary N) is 2. The maximum atomic E-state index is 12.4. The Bertz CT molecular complexity index is 704. The zero-order chi connectivity index (χ0) is 17.1. The van der Waals surface area contributed by atoms with Gasteiger partial charge < -0.3 is 15.5 Å². The lowest BCUT2D eigenvalue weighted by Crippen LogP contribution is -2.35. The van der Waals surface area contributed by atoms with Crippen LogP contribution in [-0.2, 0) is 12.8 Å². The largest absolute Gasteiger partial charge is 0.324 e. The molecule has 2 atom stereocenters. The van der Waals surface area contributed by atoms with Crippen LogP contribution in [0.1, 0.15) is 11.3 Å². The van der Waals surface area contributed by atoms with E-state index in [1.165, 1.54) is 5.56 Å². The molecule has 0 radical (unpaired) electrons. The van der Waals surface area contributed by atoms with Gasteiger partial charge in [0.2, 0.25) is 0 Å². The number of aromatic nitrogens is 1. The molecule has 0 aliphatic carbocycles. The summed E-state index contributed by atoms with van der Waals surface area (Å²) in [6.45, 7) is 3.82. The monoisotopic (exact) mass is 336 g/mol. The minimum Gasteiger partial charge on any atom is -0.324 e. The van der Waals surface area contributed by atoms with E-state index in [2.05, 4.69) is 33.8 Å². The second-order valence-electron chi connectivity index (χ2n) is 7.03.